The molecule has 21 heavy (non-hydrogen) atoms. The first-order valence-corrected chi connectivity index (χ1v) is 6.58. The van der Waals surface area contributed by atoms with Crippen LogP contribution in [0.3, 0.4) is 0 Å². The first-order valence-electron chi connectivity index (χ1n) is 6.58. The molecule has 0 aliphatic carbocycles. The fourth-order valence-electron chi connectivity index (χ4n) is 2.07. The zero-order chi connectivity index (χ0) is 15.2. The first-order chi connectivity index (χ1) is 10.2. The lowest BCUT2D eigenvalue weighted by Crippen LogP contribution is -2.16. The molecule has 0 heterocycles. The molecule has 2 aromatic carbocycles. The fraction of sp³-hybridized carbons (Fsp3) is 0.188. The van der Waals surface area contributed by atoms with Crippen LogP contribution in [-0.4, -0.2) is 19.6 Å². The predicted molar refractivity (Wildman–Crippen MR) is 80.1 cm³/mol. The number of methoxy groups -OCH3 is 1. The van der Waals surface area contributed by atoms with E-state index < -0.39 is 5.82 Å². The summed E-state index contributed by atoms with van der Waals surface area (Å²) < 4.78 is 18.2. The summed E-state index contributed by atoms with van der Waals surface area (Å²) in [6, 6.07) is 11.2. The Morgan fingerprint density at radius 2 is 2.05 bits per heavy atom. The molecule has 0 saturated heterocycles. The third kappa shape index (κ3) is 3.58. The number of hydrogen-bond acceptors (Lipinski definition) is 3. The Bertz CT molecular complexity index is 644. The van der Waals surface area contributed by atoms with Crippen molar-refractivity contribution in [2.24, 2.45) is 5.73 Å². The van der Waals surface area contributed by atoms with E-state index in [1.807, 2.05) is 12.1 Å². The van der Waals surface area contributed by atoms with E-state index in [0.29, 0.717) is 24.2 Å². The topological polar surface area (TPSA) is 64.3 Å². The van der Waals surface area contributed by atoms with E-state index in [1.54, 1.807) is 12.1 Å². The second-order valence-corrected chi connectivity index (χ2v) is 4.49. The smallest absolute Gasteiger partial charge is 0.256 e. The normalized spacial score (nSPS) is 10.2. The molecule has 0 saturated carbocycles. The number of nitrogens with one attached hydrogen (secondary N) is 1. The molecular weight excluding hydrogens is 271 g/mol. The van der Waals surface area contributed by atoms with Gasteiger partial charge >= 0.3 is 0 Å². The largest absolute Gasteiger partial charge is 0.494 e. The Hall–Kier alpha value is -2.40. The van der Waals surface area contributed by atoms with Gasteiger partial charge in [0.25, 0.3) is 5.91 Å². The SMILES string of the molecule is COc1cc(F)ccc1NC(=O)c1ccccc1CCN. The number of amides is 1. The number of halogens is 1. The zero-order valence-corrected chi connectivity index (χ0v) is 11.7. The van der Waals surface area contributed by atoms with Crippen LogP contribution in [0.1, 0.15) is 15.9 Å². The Morgan fingerprint density at radius 3 is 2.76 bits per heavy atom. The highest BCUT2D eigenvalue weighted by atomic mass is 19.1. The Balaban J connectivity index is 2.26. The minimum Gasteiger partial charge on any atom is -0.494 e. The highest BCUT2D eigenvalue weighted by Crippen LogP contribution is 2.25. The number of nitrogens with two attached hydrogens (primary N) is 1. The van der Waals surface area contributed by atoms with Gasteiger partial charge in [0.05, 0.1) is 12.8 Å². The third-order valence-corrected chi connectivity index (χ3v) is 3.09. The quantitative estimate of drug-likeness (QED) is 0.888. The molecule has 0 bridgehead atoms. The number of carbonyl (C=O) groups excluding carboxylic acids is 1. The number of hydrogen-bond donors (Lipinski definition) is 2. The summed E-state index contributed by atoms with van der Waals surface area (Å²) in [5.74, 6) is -0.419. The lowest BCUT2D eigenvalue weighted by atomic mass is 10.0. The maximum absolute atomic E-state index is 13.2. The number of ether oxygens (including phenoxy) is 1. The molecule has 0 spiro atoms. The van der Waals surface area contributed by atoms with Gasteiger partial charge in [-0.3, -0.25) is 4.79 Å². The van der Waals surface area contributed by atoms with Crippen molar-refractivity contribution in [1.82, 2.24) is 0 Å². The average molecular weight is 288 g/mol. The van der Waals surface area contributed by atoms with Crippen LogP contribution in [0.2, 0.25) is 0 Å². The van der Waals surface area contributed by atoms with Crippen molar-refractivity contribution < 1.29 is 13.9 Å². The van der Waals surface area contributed by atoms with Crippen molar-refractivity contribution in [3.8, 4) is 5.75 Å². The van der Waals surface area contributed by atoms with Crippen LogP contribution < -0.4 is 15.8 Å². The second kappa shape index (κ2) is 6.85. The molecule has 0 aliphatic rings. The van der Waals surface area contributed by atoms with Gasteiger partial charge in [0, 0.05) is 11.6 Å². The van der Waals surface area contributed by atoms with Crippen molar-refractivity contribution in [3.63, 3.8) is 0 Å². The van der Waals surface area contributed by atoms with E-state index in [-0.39, 0.29) is 11.7 Å². The van der Waals surface area contributed by atoms with Crippen molar-refractivity contribution in [3.05, 3.63) is 59.4 Å². The van der Waals surface area contributed by atoms with Crippen LogP contribution in [0.15, 0.2) is 42.5 Å². The van der Waals surface area contributed by atoms with Crippen molar-refractivity contribution in [1.29, 1.82) is 0 Å². The maximum Gasteiger partial charge on any atom is 0.256 e. The molecule has 0 unspecified atom stereocenters. The predicted octanol–water partition coefficient (Wildman–Crippen LogP) is 2.59. The van der Waals surface area contributed by atoms with Crippen LogP contribution in [-0.2, 0) is 6.42 Å². The summed E-state index contributed by atoms with van der Waals surface area (Å²) in [6.07, 6.45) is 0.615. The molecule has 5 heteroatoms. The number of anilines is 1. The van der Waals surface area contributed by atoms with Gasteiger partial charge in [0.2, 0.25) is 0 Å². The molecule has 1 amide bonds. The third-order valence-electron chi connectivity index (χ3n) is 3.09. The van der Waals surface area contributed by atoms with Crippen LogP contribution in [0, 0.1) is 5.82 Å². The highest BCUT2D eigenvalue weighted by Gasteiger charge is 2.13. The Morgan fingerprint density at radius 1 is 1.29 bits per heavy atom. The van der Waals surface area contributed by atoms with E-state index >= 15 is 0 Å². The number of carbonyl (C=O) groups is 1. The molecule has 0 radical (unpaired) electrons. The lowest BCUT2D eigenvalue weighted by molar-refractivity contribution is 0.102. The lowest BCUT2D eigenvalue weighted by Gasteiger charge is -2.12. The van der Waals surface area contributed by atoms with E-state index in [0.717, 1.165) is 5.56 Å². The van der Waals surface area contributed by atoms with Gasteiger partial charge in [-0.25, -0.2) is 4.39 Å². The van der Waals surface area contributed by atoms with Gasteiger partial charge in [0.1, 0.15) is 11.6 Å². The van der Waals surface area contributed by atoms with Gasteiger partial charge < -0.3 is 15.8 Å². The summed E-state index contributed by atoms with van der Waals surface area (Å²) >= 11 is 0. The summed E-state index contributed by atoms with van der Waals surface area (Å²) in [5, 5.41) is 2.73. The zero-order valence-electron chi connectivity index (χ0n) is 11.7. The standard InChI is InChI=1S/C16H17FN2O2/c1-21-15-10-12(17)6-7-14(15)19-16(20)13-5-3-2-4-11(13)8-9-18/h2-7,10H,8-9,18H2,1H3,(H,19,20). The summed E-state index contributed by atoms with van der Waals surface area (Å²) in [5.41, 5.74) is 7.40. The van der Waals surface area contributed by atoms with Crippen LogP contribution in [0.5, 0.6) is 5.75 Å². The van der Waals surface area contributed by atoms with E-state index in [1.165, 1.54) is 25.3 Å². The van der Waals surface area contributed by atoms with Crippen molar-refractivity contribution in [2.75, 3.05) is 19.0 Å². The molecule has 2 rings (SSSR count). The molecule has 0 fully saturated rings. The molecule has 4 nitrogen and oxygen atoms in total. The summed E-state index contributed by atoms with van der Waals surface area (Å²) in [6.45, 7) is 0.462. The van der Waals surface area contributed by atoms with E-state index in [9.17, 15) is 9.18 Å². The minimum atomic E-state index is -0.423. The highest BCUT2D eigenvalue weighted by molar-refractivity contribution is 6.06. The molecule has 0 aliphatic heterocycles. The fourth-order valence-corrected chi connectivity index (χ4v) is 2.07. The van der Waals surface area contributed by atoms with E-state index in [2.05, 4.69) is 5.32 Å². The monoisotopic (exact) mass is 288 g/mol. The molecule has 3 N–H and O–H groups in total. The van der Waals surface area contributed by atoms with E-state index in [4.69, 9.17) is 10.5 Å². The molecule has 110 valence electrons. The van der Waals surface area contributed by atoms with Gasteiger partial charge in [-0.1, -0.05) is 18.2 Å². The van der Waals surface area contributed by atoms with Gasteiger partial charge in [-0.15, -0.1) is 0 Å². The first kappa shape index (κ1) is 15.0. The van der Waals surface area contributed by atoms with Crippen molar-refractivity contribution in [2.45, 2.75) is 6.42 Å². The minimum absolute atomic E-state index is 0.274. The van der Waals surface area contributed by atoms with Gasteiger partial charge in [0.15, 0.2) is 0 Å². The number of rotatable bonds is 5. The Labute approximate surface area is 122 Å². The number of benzene rings is 2. The van der Waals surface area contributed by atoms with Crippen LogP contribution in [0.25, 0.3) is 0 Å². The second-order valence-electron chi connectivity index (χ2n) is 4.49. The van der Waals surface area contributed by atoms with Crippen LogP contribution in [0.4, 0.5) is 10.1 Å². The summed E-state index contributed by atoms with van der Waals surface area (Å²) in [7, 11) is 1.42. The molecule has 2 aromatic rings. The maximum atomic E-state index is 13.2. The average Bonchev–Trinajstić information content (AvgIpc) is 2.49. The van der Waals surface area contributed by atoms with Gasteiger partial charge in [-0.2, -0.15) is 0 Å². The molecular formula is C16H17FN2O2. The van der Waals surface area contributed by atoms with Crippen molar-refractivity contribution >= 4 is 11.6 Å². The van der Waals surface area contributed by atoms with Crippen LogP contribution >= 0.6 is 0 Å². The molecule has 0 atom stereocenters. The molecule has 0 aromatic heterocycles. The Kier molecular flexibility index (Phi) is 4.90. The summed E-state index contributed by atoms with van der Waals surface area (Å²) in [4.78, 5) is 12.4. The van der Waals surface area contributed by atoms with Gasteiger partial charge in [-0.05, 0) is 36.7 Å².